The van der Waals surface area contributed by atoms with Crippen LogP contribution in [0, 0.1) is 34.6 Å². The summed E-state index contributed by atoms with van der Waals surface area (Å²) in [6.45, 7) is 10.0. The highest BCUT2D eigenvalue weighted by Gasteiger charge is 2.39. The molecule has 308 valence electrons. The highest BCUT2D eigenvalue weighted by molar-refractivity contribution is 9.10. The monoisotopic (exact) mass is 912 g/mol. The van der Waals surface area contributed by atoms with Crippen LogP contribution in [0.1, 0.15) is 61.7 Å². The number of ether oxygens (including phenoxy) is 2. The number of aromatic amines is 2. The summed E-state index contributed by atoms with van der Waals surface area (Å²) in [5, 5.41) is 0.255. The molecular formula is C41H39BrCl2N12O4. The average molecular weight is 915 g/mol. The number of rotatable bonds is 8. The summed E-state index contributed by atoms with van der Waals surface area (Å²) in [4.78, 5) is 61.7. The summed E-state index contributed by atoms with van der Waals surface area (Å²) in [6, 6.07) is 3.79. The van der Waals surface area contributed by atoms with Gasteiger partial charge < -0.3 is 30.9 Å². The zero-order valence-corrected chi connectivity index (χ0v) is 36.6. The van der Waals surface area contributed by atoms with Crippen LogP contribution < -0.4 is 30.7 Å². The summed E-state index contributed by atoms with van der Waals surface area (Å²) >= 11 is 16.1. The molecule has 0 aliphatic carbocycles. The maximum atomic E-state index is 13.4. The fourth-order valence-electron chi connectivity index (χ4n) is 7.14. The first-order valence-electron chi connectivity index (χ1n) is 18.3. The molecule has 8 rings (SSSR count). The fraction of sp³-hybridized carbons (Fsp3) is 0.220. The van der Waals surface area contributed by atoms with Crippen LogP contribution in [-0.2, 0) is 22.7 Å². The van der Waals surface area contributed by atoms with Crippen molar-refractivity contribution in [1.82, 2.24) is 39.9 Å². The number of methoxy groups -OCH3 is 2. The first-order valence-corrected chi connectivity index (χ1v) is 19.9. The van der Waals surface area contributed by atoms with Crippen molar-refractivity contribution in [2.45, 2.75) is 47.7 Å². The van der Waals surface area contributed by atoms with Crippen LogP contribution >= 0.6 is 39.1 Å². The lowest BCUT2D eigenvalue weighted by Gasteiger charge is -2.19. The van der Waals surface area contributed by atoms with Crippen LogP contribution in [0.15, 0.2) is 41.4 Å². The van der Waals surface area contributed by atoms with Gasteiger partial charge in [0.1, 0.15) is 21.8 Å². The normalized spacial score (nSPS) is 14.5. The van der Waals surface area contributed by atoms with E-state index in [2.05, 4.69) is 55.8 Å². The smallest absolute Gasteiger partial charge is 0.260 e. The molecule has 0 bridgehead atoms. The number of aryl methyl sites for hydroxylation is 3. The summed E-state index contributed by atoms with van der Waals surface area (Å²) in [5.74, 6) is 1.68. The Bertz CT molecular complexity index is 2590. The Morgan fingerprint density at radius 1 is 0.700 bits per heavy atom. The van der Waals surface area contributed by atoms with Gasteiger partial charge in [-0.2, -0.15) is 9.97 Å². The number of aromatic nitrogens is 8. The van der Waals surface area contributed by atoms with Gasteiger partial charge in [-0.15, -0.1) is 0 Å². The Hall–Kier alpha value is -6.30. The lowest BCUT2D eigenvalue weighted by atomic mass is 10.1. The highest BCUT2D eigenvalue weighted by atomic mass is 79.9. The summed E-state index contributed by atoms with van der Waals surface area (Å²) in [6.07, 6.45) is 10.5. The molecule has 2 aliphatic rings. The molecule has 8 heterocycles. The molecule has 0 spiro atoms. The second-order valence-corrected chi connectivity index (χ2v) is 15.7. The summed E-state index contributed by atoms with van der Waals surface area (Å²) in [7, 11) is 3.22. The van der Waals surface area contributed by atoms with Gasteiger partial charge >= 0.3 is 0 Å². The Balaban J connectivity index is 0.000000181. The first kappa shape index (κ1) is 41.8. The number of nitrogens with zero attached hydrogens (tertiary/aromatic N) is 8. The number of amides is 2. The topological polar surface area (TPSA) is 220 Å². The number of nitrogen functional groups attached to an aromatic ring is 2. The van der Waals surface area contributed by atoms with E-state index >= 15 is 0 Å². The quantitative estimate of drug-likeness (QED) is 0.0869. The number of nitrogens with one attached hydrogen (secondary N) is 2. The summed E-state index contributed by atoms with van der Waals surface area (Å²) < 4.78 is 11.8. The third kappa shape index (κ3) is 7.90. The third-order valence-electron chi connectivity index (χ3n) is 9.96. The van der Waals surface area contributed by atoms with Crippen molar-refractivity contribution in [2.24, 2.45) is 0 Å². The van der Waals surface area contributed by atoms with Crippen molar-refractivity contribution in [3.8, 4) is 11.5 Å². The van der Waals surface area contributed by atoms with E-state index in [4.69, 9.17) is 44.1 Å². The Morgan fingerprint density at radius 3 is 1.52 bits per heavy atom. The van der Waals surface area contributed by atoms with Crippen molar-refractivity contribution in [2.75, 3.05) is 35.5 Å². The fourth-order valence-corrected chi connectivity index (χ4v) is 8.04. The van der Waals surface area contributed by atoms with Gasteiger partial charge in [0.2, 0.25) is 11.9 Å². The molecule has 0 radical (unpaired) electrons. The van der Waals surface area contributed by atoms with E-state index in [1.165, 1.54) is 9.80 Å². The van der Waals surface area contributed by atoms with Gasteiger partial charge in [0.15, 0.2) is 11.6 Å². The van der Waals surface area contributed by atoms with Gasteiger partial charge in [0.25, 0.3) is 11.8 Å². The predicted octanol–water partition coefficient (Wildman–Crippen LogP) is 7.37. The molecule has 0 saturated heterocycles. The van der Waals surface area contributed by atoms with Crippen LogP contribution in [0.4, 0.5) is 23.5 Å². The number of nitrogens with two attached hydrogens (primary N) is 2. The SMILES string of the molecule is COc1c(C)cnc(CN2C(=O)/C(=C\c3cc(Br)c[nH]3)c3c(Cl)nc(N)nc32)c1C.COc1c(C)cnc(CN2C(=O)/C(=C\c3cc(C)c[nH]3)c3c(Cl)nc(N)nc32)c1C. The number of anilines is 4. The van der Waals surface area contributed by atoms with Crippen molar-refractivity contribution in [3.63, 3.8) is 0 Å². The molecular weight excluding hydrogens is 875 g/mol. The number of halogens is 3. The van der Waals surface area contributed by atoms with Crippen molar-refractivity contribution < 1.29 is 19.1 Å². The lowest BCUT2D eigenvalue weighted by Crippen LogP contribution is -2.27. The van der Waals surface area contributed by atoms with Crippen LogP contribution in [0.3, 0.4) is 0 Å². The van der Waals surface area contributed by atoms with E-state index in [1.807, 2.05) is 52.9 Å². The largest absolute Gasteiger partial charge is 0.496 e. The van der Waals surface area contributed by atoms with Gasteiger partial charge in [-0.25, -0.2) is 9.97 Å². The maximum absolute atomic E-state index is 13.4. The number of carbonyl (C=O) groups excluding carboxylic acids is 2. The Kier molecular flexibility index (Phi) is 11.7. The van der Waals surface area contributed by atoms with Crippen LogP contribution in [0.25, 0.3) is 23.3 Å². The average Bonchev–Trinajstić information content (AvgIpc) is 3.93. The molecule has 0 atom stereocenters. The zero-order chi connectivity index (χ0) is 43.2. The van der Waals surface area contributed by atoms with Crippen molar-refractivity contribution >= 4 is 97.8 Å². The van der Waals surface area contributed by atoms with E-state index in [-0.39, 0.29) is 47.1 Å². The molecule has 16 nitrogen and oxygen atoms in total. The van der Waals surface area contributed by atoms with Crippen LogP contribution in [-0.4, -0.2) is 65.9 Å². The predicted molar refractivity (Wildman–Crippen MR) is 236 cm³/mol. The molecule has 19 heteroatoms. The van der Waals surface area contributed by atoms with E-state index < -0.39 is 0 Å². The second-order valence-electron chi connectivity index (χ2n) is 14.0. The van der Waals surface area contributed by atoms with E-state index in [0.29, 0.717) is 45.3 Å². The van der Waals surface area contributed by atoms with Gasteiger partial charge in [-0.05, 0) is 80.4 Å². The zero-order valence-electron chi connectivity index (χ0n) is 33.5. The number of hydrogen-bond acceptors (Lipinski definition) is 12. The van der Waals surface area contributed by atoms with Crippen molar-refractivity contribution in [1.29, 1.82) is 0 Å². The molecule has 6 N–H and O–H groups in total. The number of pyridine rings is 2. The third-order valence-corrected chi connectivity index (χ3v) is 11.0. The number of fused-ring (bicyclic) bond motifs is 2. The maximum Gasteiger partial charge on any atom is 0.260 e. The minimum Gasteiger partial charge on any atom is -0.496 e. The molecule has 0 fully saturated rings. The number of hydrogen-bond donors (Lipinski definition) is 4. The summed E-state index contributed by atoms with van der Waals surface area (Å²) in [5.41, 5.74) is 20.8. The number of H-pyrrole nitrogens is 2. The molecule has 0 saturated carbocycles. The van der Waals surface area contributed by atoms with E-state index in [0.717, 1.165) is 55.2 Å². The minimum absolute atomic E-state index is 0.000291. The van der Waals surface area contributed by atoms with Crippen molar-refractivity contribution in [3.05, 3.63) is 113 Å². The molecule has 2 amide bonds. The molecule has 0 unspecified atom stereocenters. The van der Waals surface area contributed by atoms with Crippen LogP contribution in [0.2, 0.25) is 10.3 Å². The minimum atomic E-state index is -0.265. The lowest BCUT2D eigenvalue weighted by molar-refractivity contribution is -0.113. The number of carbonyl (C=O) groups is 2. The molecule has 0 aromatic carbocycles. The second kappa shape index (κ2) is 16.8. The van der Waals surface area contributed by atoms with E-state index in [9.17, 15) is 9.59 Å². The first-order chi connectivity index (χ1) is 28.6. The Labute approximate surface area is 363 Å². The van der Waals surface area contributed by atoms with Gasteiger partial charge in [0, 0.05) is 62.9 Å². The van der Waals surface area contributed by atoms with Crippen LogP contribution in [0.5, 0.6) is 11.5 Å². The van der Waals surface area contributed by atoms with Gasteiger partial charge in [-0.3, -0.25) is 29.4 Å². The molecule has 60 heavy (non-hydrogen) atoms. The molecule has 6 aromatic rings. The standard InChI is InChI=1S/C21H21ClN6O2.C20H18BrClN6O2/c1-10-5-13(24-7-10)6-14-16-18(22)26-21(23)27-19(16)28(20(14)29)9-15-12(3)17(30-4)11(2)8-25-15;1-9-6-25-14(10(2)16(9)30-3)8-28-18-15(17(22)26-20(23)27-18)13(19(28)29)5-12-4-11(21)7-24-12/h5-8,24H,9H2,1-4H3,(H2,23,26,27);4-7,24H,8H2,1-3H3,(H2,23,26,27)/b14-6-;13-5-. The Morgan fingerprint density at radius 2 is 1.13 bits per heavy atom. The van der Waals surface area contributed by atoms with Gasteiger partial charge in [0.05, 0.1) is 61.0 Å². The molecule has 2 aliphatic heterocycles. The van der Waals surface area contributed by atoms with E-state index in [1.54, 1.807) is 45.0 Å². The molecule has 6 aromatic heterocycles. The highest BCUT2D eigenvalue weighted by Crippen LogP contribution is 2.43. The van der Waals surface area contributed by atoms with Gasteiger partial charge in [-0.1, -0.05) is 23.2 Å².